The Morgan fingerprint density at radius 1 is 0.824 bits per heavy atom. The van der Waals surface area contributed by atoms with Crippen molar-refractivity contribution in [2.24, 2.45) is 10.9 Å². The van der Waals surface area contributed by atoms with Gasteiger partial charge in [0.25, 0.3) is 0 Å². The van der Waals surface area contributed by atoms with Gasteiger partial charge in [0.05, 0.1) is 11.4 Å². The van der Waals surface area contributed by atoms with Gasteiger partial charge in [-0.1, -0.05) is 62.4 Å². The lowest BCUT2D eigenvalue weighted by Gasteiger charge is -2.10. The zero-order chi connectivity index (χ0) is 12.1. The third kappa shape index (κ3) is 3.04. The van der Waals surface area contributed by atoms with Crippen molar-refractivity contribution in [1.29, 1.82) is 0 Å². The van der Waals surface area contributed by atoms with Gasteiger partial charge in [-0.2, -0.15) is 0 Å². The van der Waals surface area contributed by atoms with E-state index >= 15 is 0 Å². The molecule has 1 heteroatoms. The van der Waals surface area contributed by atoms with Crippen LogP contribution in [0.3, 0.4) is 0 Å². The topological polar surface area (TPSA) is 12.4 Å². The molecule has 1 nitrogen and oxygen atoms in total. The Hall–Kier alpha value is -1.89. The predicted octanol–water partition coefficient (Wildman–Crippen LogP) is 4.46. The molecule has 2 aromatic rings. The molecule has 0 saturated carbocycles. The van der Waals surface area contributed by atoms with Gasteiger partial charge in [0, 0.05) is 0 Å². The Morgan fingerprint density at radius 2 is 1.35 bits per heavy atom. The Morgan fingerprint density at radius 3 is 1.88 bits per heavy atom. The Balaban J connectivity index is 2.40. The van der Waals surface area contributed by atoms with E-state index in [1.807, 2.05) is 36.4 Å². The van der Waals surface area contributed by atoms with Crippen LogP contribution in [-0.2, 0) is 0 Å². The van der Waals surface area contributed by atoms with Gasteiger partial charge in [0.2, 0.25) is 0 Å². The van der Waals surface area contributed by atoms with Crippen molar-refractivity contribution in [2.45, 2.75) is 13.8 Å². The average molecular weight is 223 g/mol. The van der Waals surface area contributed by atoms with E-state index in [4.69, 9.17) is 4.99 Å². The van der Waals surface area contributed by atoms with Gasteiger partial charge in [-0.3, -0.25) is 4.99 Å². The lowest BCUT2D eigenvalue weighted by atomic mass is 10.00. The van der Waals surface area contributed by atoms with Crippen LogP contribution in [0, 0.1) is 5.92 Å². The van der Waals surface area contributed by atoms with Crippen LogP contribution in [0.15, 0.2) is 65.7 Å². The van der Waals surface area contributed by atoms with Gasteiger partial charge >= 0.3 is 0 Å². The van der Waals surface area contributed by atoms with Crippen molar-refractivity contribution in [2.75, 3.05) is 0 Å². The molecule has 0 aliphatic carbocycles. The summed E-state index contributed by atoms with van der Waals surface area (Å²) >= 11 is 0. The molecule has 17 heavy (non-hydrogen) atoms. The van der Waals surface area contributed by atoms with Crippen molar-refractivity contribution < 1.29 is 0 Å². The van der Waals surface area contributed by atoms with E-state index in [1.54, 1.807) is 0 Å². The van der Waals surface area contributed by atoms with Crippen molar-refractivity contribution in [3.05, 3.63) is 66.2 Å². The Labute approximate surface area is 103 Å². The number of nitrogens with zero attached hydrogens (tertiary/aromatic N) is 1. The molecule has 0 aliphatic rings. The first-order valence-electron chi connectivity index (χ1n) is 5.96. The first kappa shape index (κ1) is 11.6. The molecule has 0 atom stereocenters. The largest absolute Gasteiger partial charge is 0.253 e. The normalized spacial score (nSPS) is 11.8. The highest BCUT2D eigenvalue weighted by Gasteiger charge is 2.07. The minimum atomic E-state index is 0.414. The van der Waals surface area contributed by atoms with Crippen molar-refractivity contribution in [1.82, 2.24) is 0 Å². The smallest absolute Gasteiger partial charge is 0.0633 e. The van der Waals surface area contributed by atoms with Crippen LogP contribution in [0.1, 0.15) is 19.4 Å². The molecule has 2 rings (SSSR count). The number of hydrogen-bond acceptors (Lipinski definition) is 1. The Kier molecular flexibility index (Phi) is 3.71. The summed E-state index contributed by atoms with van der Waals surface area (Å²) in [5, 5.41) is 0. The van der Waals surface area contributed by atoms with Crippen LogP contribution in [0.2, 0.25) is 0 Å². The van der Waals surface area contributed by atoms with Crippen molar-refractivity contribution >= 4 is 11.4 Å². The molecular formula is C16H17N. The fourth-order valence-corrected chi connectivity index (χ4v) is 1.78. The van der Waals surface area contributed by atoms with Crippen LogP contribution in [0.25, 0.3) is 0 Å². The van der Waals surface area contributed by atoms with Crippen LogP contribution in [-0.4, -0.2) is 5.71 Å². The van der Waals surface area contributed by atoms with E-state index in [9.17, 15) is 0 Å². The van der Waals surface area contributed by atoms with E-state index in [1.165, 1.54) is 5.56 Å². The molecule has 0 fully saturated rings. The highest BCUT2D eigenvalue weighted by Crippen LogP contribution is 2.17. The third-order valence-corrected chi connectivity index (χ3v) is 2.62. The zero-order valence-electron chi connectivity index (χ0n) is 10.3. The van der Waals surface area contributed by atoms with Gasteiger partial charge < -0.3 is 0 Å². The first-order chi connectivity index (χ1) is 8.27. The molecule has 0 amide bonds. The van der Waals surface area contributed by atoms with Gasteiger partial charge in [-0.15, -0.1) is 0 Å². The summed E-state index contributed by atoms with van der Waals surface area (Å²) in [6.45, 7) is 4.35. The summed E-state index contributed by atoms with van der Waals surface area (Å²) in [5.41, 5.74) is 3.35. The second-order valence-corrected chi connectivity index (χ2v) is 4.35. The molecule has 0 saturated heterocycles. The van der Waals surface area contributed by atoms with E-state index < -0.39 is 0 Å². The zero-order valence-corrected chi connectivity index (χ0v) is 10.3. The minimum Gasteiger partial charge on any atom is -0.253 e. The van der Waals surface area contributed by atoms with Crippen molar-refractivity contribution in [3.63, 3.8) is 0 Å². The van der Waals surface area contributed by atoms with E-state index in [2.05, 4.69) is 38.1 Å². The Bertz CT molecular complexity index is 483. The molecule has 0 radical (unpaired) electrons. The summed E-state index contributed by atoms with van der Waals surface area (Å²) in [6.07, 6.45) is 0. The molecular weight excluding hydrogens is 206 g/mol. The van der Waals surface area contributed by atoms with Crippen LogP contribution < -0.4 is 0 Å². The highest BCUT2D eigenvalue weighted by molar-refractivity contribution is 6.03. The molecule has 0 spiro atoms. The number of rotatable bonds is 3. The van der Waals surface area contributed by atoms with E-state index in [-0.39, 0.29) is 0 Å². The van der Waals surface area contributed by atoms with Crippen molar-refractivity contribution in [3.8, 4) is 0 Å². The SMILES string of the molecule is CC(C)C(=Nc1ccccc1)c1ccccc1. The standard InChI is InChI=1S/C16H17N/c1-13(2)16(14-9-5-3-6-10-14)17-15-11-7-4-8-12-15/h3-13H,1-2H3. The van der Waals surface area contributed by atoms with Gasteiger partial charge in [0.1, 0.15) is 0 Å². The molecule has 86 valence electrons. The molecule has 0 heterocycles. The monoisotopic (exact) mass is 223 g/mol. The first-order valence-corrected chi connectivity index (χ1v) is 5.96. The number of hydrogen-bond donors (Lipinski definition) is 0. The number of aliphatic imine (C=N–C) groups is 1. The average Bonchev–Trinajstić information content (AvgIpc) is 2.38. The van der Waals surface area contributed by atoms with Crippen LogP contribution in [0.5, 0.6) is 0 Å². The van der Waals surface area contributed by atoms with Gasteiger partial charge in [-0.05, 0) is 23.6 Å². The lowest BCUT2D eigenvalue weighted by Crippen LogP contribution is -2.08. The summed E-state index contributed by atoms with van der Waals surface area (Å²) < 4.78 is 0. The van der Waals surface area contributed by atoms with Crippen LogP contribution >= 0.6 is 0 Å². The fraction of sp³-hybridized carbons (Fsp3) is 0.188. The third-order valence-electron chi connectivity index (χ3n) is 2.62. The fourth-order valence-electron chi connectivity index (χ4n) is 1.78. The van der Waals surface area contributed by atoms with Gasteiger partial charge in [-0.25, -0.2) is 0 Å². The molecule has 0 N–H and O–H groups in total. The summed E-state index contributed by atoms with van der Waals surface area (Å²) in [5.74, 6) is 0.414. The van der Waals surface area contributed by atoms with E-state index in [0.29, 0.717) is 5.92 Å². The van der Waals surface area contributed by atoms with E-state index in [0.717, 1.165) is 11.4 Å². The number of benzene rings is 2. The van der Waals surface area contributed by atoms with Crippen LogP contribution in [0.4, 0.5) is 5.69 Å². The summed E-state index contributed by atoms with van der Waals surface area (Å²) in [7, 11) is 0. The maximum Gasteiger partial charge on any atom is 0.0633 e. The molecule has 2 aromatic carbocycles. The maximum atomic E-state index is 4.74. The quantitative estimate of drug-likeness (QED) is 0.681. The molecule has 0 unspecified atom stereocenters. The maximum absolute atomic E-state index is 4.74. The summed E-state index contributed by atoms with van der Waals surface area (Å²) in [6, 6.07) is 20.5. The second-order valence-electron chi connectivity index (χ2n) is 4.35. The predicted molar refractivity (Wildman–Crippen MR) is 73.9 cm³/mol. The molecule has 0 aromatic heterocycles. The number of para-hydroxylation sites is 1. The summed E-state index contributed by atoms with van der Waals surface area (Å²) in [4.78, 5) is 4.74. The molecule has 0 bridgehead atoms. The van der Waals surface area contributed by atoms with Gasteiger partial charge in [0.15, 0.2) is 0 Å². The lowest BCUT2D eigenvalue weighted by molar-refractivity contribution is 0.885. The minimum absolute atomic E-state index is 0.414. The molecule has 0 aliphatic heterocycles. The second kappa shape index (κ2) is 5.44. The highest BCUT2D eigenvalue weighted by atomic mass is 14.7.